The molecule has 0 saturated heterocycles. The molecule has 0 spiro atoms. The summed E-state index contributed by atoms with van der Waals surface area (Å²) < 4.78 is 43.5. The Hall–Kier alpha value is -3.27. The standard InChI is InChI=1S/C23H20ClFN2O5S/c1-14(28)19-12-18(8-9-21(19)25)32-13-16-6-7-17(11-22(16)33(26,30)31)27-23(29)10-15-4-2-3-5-20(15)24/h2-9,11-12H,10,13H2,1H3,(H,27,29)(H2,26,30,31). The van der Waals surface area contributed by atoms with Crippen molar-refractivity contribution in [2.45, 2.75) is 24.8 Å². The van der Waals surface area contributed by atoms with Crippen molar-refractivity contribution in [3.63, 3.8) is 0 Å². The van der Waals surface area contributed by atoms with Crippen LogP contribution in [0, 0.1) is 5.82 Å². The number of anilines is 1. The van der Waals surface area contributed by atoms with Crippen LogP contribution >= 0.6 is 11.6 Å². The number of hydrogen-bond acceptors (Lipinski definition) is 5. The summed E-state index contributed by atoms with van der Waals surface area (Å²) in [6, 6.07) is 14.7. The van der Waals surface area contributed by atoms with Gasteiger partial charge in [0.25, 0.3) is 0 Å². The van der Waals surface area contributed by atoms with E-state index in [-0.39, 0.29) is 40.5 Å². The van der Waals surface area contributed by atoms with E-state index >= 15 is 0 Å². The number of sulfonamides is 1. The highest BCUT2D eigenvalue weighted by molar-refractivity contribution is 7.89. The monoisotopic (exact) mass is 490 g/mol. The molecule has 0 fully saturated rings. The fourth-order valence-electron chi connectivity index (χ4n) is 3.06. The van der Waals surface area contributed by atoms with Crippen molar-refractivity contribution in [2.24, 2.45) is 5.14 Å². The van der Waals surface area contributed by atoms with Gasteiger partial charge in [0.15, 0.2) is 5.78 Å². The van der Waals surface area contributed by atoms with Crippen LogP contribution in [-0.2, 0) is 27.8 Å². The molecule has 0 aliphatic carbocycles. The number of nitrogens with one attached hydrogen (secondary N) is 1. The van der Waals surface area contributed by atoms with E-state index in [9.17, 15) is 22.4 Å². The molecule has 0 atom stereocenters. The smallest absolute Gasteiger partial charge is 0.238 e. The molecular formula is C23H20ClFN2O5S. The number of carbonyl (C=O) groups excluding carboxylic acids is 2. The average molecular weight is 491 g/mol. The van der Waals surface area contributed by atoms with Crippen LogP contribution in [0.2, 0.25) is 5.02 Å². The van der Waals surface area contributed by atoms with Crippen LogP contribution < -0.4 is 15.2 Å². The van der Waals surface area contributed by atoms with Gasteiger partial charge in [-0.2, -0.15) is 0 Å². The Kier molecular flexibility index (Phi) is 7.47. The molecular weight excluding hydrogens is 471 g/mol. The summed E-state index contributed by atoms with van der Waals surface area (Å²) >= 11 is 6.07. The molecule has 3 aromatic rings. The van der Waals surface area contributed by atoms with Crippen molar-refractivity contribution in [1.82, 2.24) is 0 Å². The number of Topliss-reactive ketones (excluding diaryl/α,β-unsaturated/α-hetero) is 1. The number of carbonyl (C=O) groups is 2. The number of nitrogens with two attached hydrogens (primary N) is 1. The van der Waals surface area contributed by atoms with Crippen LogP contribution in [0.1, 0.15) is 28.4 Å². The predicted molar refractivity (Wildman–Crippen MR) is 122 cm³/mol. The molecule has 0 aliphatic heterocycles. The second-order valence-corrected chi connectivity index (χ2v) is 9.11. The molecule has 0 radical (unpaired) electrons. The number of ketones is 1. The minimum absolute atomic E-state index is 0.00169. The normalized spacial score (nSPS) is 11.2. The van der Waals surface area contributed by atoms with Crippen LogP contribution in [0.15, 0.2) is 65.6 Å². The minimum atomic E-state index is -4.16. The third-order valence-electron chi connectivity index (χ3n) is 4.68. The first kappa shape index (κ1) is 24.4. The van der Waals surface area contributed by atoms with Gasteiger partial charge in [-0.15, -0.1) is 0 Å². The largest absolute Gasteiger partial charge is 0.489 e. The summed E-state index contributed by atoms with van der Waals surface area (Å²) in [5, 5.41) is 8.41. The van der Waals surface area contributed by atoms with Crippen molar-refractivity contribution >= 4 is 39.0 Å². The number of rotatable bonds is 8. The fraction of sp³-hybridized carbons (Fsp3) is 0.130. The first-order valence-electron chi connectivity index (χ1n) is 9.67. The number of ether oxygens (including phenoxy) is 1. The van der Waals surface area contributed by atoms with Gasteiger partial charge < -0.3 is 10.1 Å². The molecule has 7 nitrogen and oxygen atoms in total. The molecule has 3 aromatic carbocycles. The van der Waals surface area contributed by atoms with Crippen LogP contribution in [-0.4, -0.2) is 20.1 Å². The molecule has 33 heavy (non-hydrogen) atoms. The zero-order chi connectivity index (χ0) is 24.2. The minimum Gasteiger partial charge on any atom is -0.489 e. The summed E-state index contributed by atoms with van der Waals surface area (Å²) in [5.74, 6) is -1.37. The molecule has 0 saturated carbocycles. The van der Waals surface area contributed by atoms with Crippen molar-refractivity contribution in [2.75, 3.05) is 5.32 Å². The lowest BCUT2D eigenvalue weighted by Crippen LogP contribution is -2.18. The zero-order valence-electron chi connectivity index (χ0n) is 17.5. The molecule has 0 heterocycles. The average Bonchev–Trinajstić information content (AvgIpc) is 2.74. The Bertz CT molecular complexity index is 1330. The van der Waals surface area contributed by atoms with E-state index in [0.717, 1.165) is 6.07 Å². The third kappa shape index (κ3) is 6.38. The summed E-state index contributed by atoms with van der Waals surface area (Å²) in [5.41, 5.74) is 0.920. The van der Waals surface area contributed by atoms with Crippen LogP contribution in [0.4, 0.5) is 10.1 Å². The van der Waals surface area contributed by atoms with Crippen LogP contribution in [0.5, 0.6) is 5.75 Å². The molecule has 0 aromatic heterocycles. The maximum Gasteiger partial charge on any atom is 0.238 e. The van der Waals surface area contributed by atoms with E-state index in [2.05, 4.69) is 5.32 Å². The van der Waals surface area contributed by atoms with E-state index in [1.807, 2.05) is 0 Å². The topological polar surface area (TPSA) is 116 Å². The van der Waals surface area contributed by atoms with E-state index in [4.69, 9.17) is 21.5 Å². The van der Waals surface area contributed by atoms with Gasteiger partial charge in [0.2, 0.25) is 15.9 Å². The summed E-state index contributed by atoms with van der Waals surface area (Å²) in [7, 11) is -4.16. The SMILES string of the molecule is CC(=O)c1cc(OCc2ccc(NC(=O)Cc3ccccc3Cl)cc2S(N)(=O)=O)ccc1F. The van der Waals surface area contributed by atoms with Gasteiger partial charge in [0, 0.05) is 16.3 Å². The molecule has 172 valence electrons. The van der Waals surface area contributed by atoms with Gasteiger partial charge in [-0.05, 0) is 48.9 Å². The lowest BCUT2D eigenvalue weighted by atomic mass is 10.1. The van der Waals surface area contributed by atoms with E-state index in [0.29, 0.717) is 10.6 Å². The Morgan fingerprint density at radius 2 is 1.79 bits per heavy atom. The van der Waals surface area contributed by atoms with Gasteiger partial charge in [0.1, 0.15) is 18.2 Å². The first-order valence-corrected chi connectivity index (χ1v) is 11.6. The lowest BCUT2D eigenvalue weighted by molar-refractivity contribution is -0.115. The van der Waals surface area contributed by atoms with Crippen molar-refractivity contribution in [3.05, 3.63) is 88.2 Å². The highest BCUT2D eigenvalue weighted by atomic mass is 35.5. The number of amides is 1. The summed E-state index contributed by atoms with van der Waals surface area (Å²) in [4.78, 5) is 23.6. The van der Waals surface area contributed by atoms with Crippen molar-refractivity contribution in [1.29, 1.82) is 0 Å². The van der Waals surface area contributed by atoms with E-state index in [1.165, 1.54) is 37.3 Å². The molecule has 0 unspecified atom stereocenters. The maximum atomic E-state index is 13.7. The third-order valence-corrected chi connectivity index (χ3v) is 6.04. The molecule has 3 rings (SSSR count). The Labute approximate surface area is 195 Å². The van der Waals surface area contributed by atoms with Gasteiger partial charge >= 0.3 is 0 Å². The second kappa shape index (κ2) is 10.1. The lowest BCUT2D eigenvalue weighted by Gasteiger charge is -2.13. The number of halogens is 2. The number of hydrogen-bond donors (Lipinski definition) is 2. The highest BCUT2D eigenvalue weighted by Gasteiger charge is 2.17. The van der Waals surface area contributed by atoms with Gasteiger partial charge in [-0.3, -0.25) is 9.59 Å². The highest BCUT2D eigenvalue weighted by Crippen LogP contribution is 2.24. The Morgan fingerprint density at radius 1 is 1.06 bits per heavy atom. The first-order chi connectivity index (χ1) is 15.5. The number of primary sulfonamides is 1. The Balaban J connectivity index is 1.78. The Morgan fingerprint density at radius 3 is 2.45 bits per heavy atom. The molecule has 0 aliphatic rings. The van der Waals surface area contributed by atoms with E-state index < -0.39 is 27.5 Å². The molecule has 1 amide bonds. The number of benzene rings is 3. The predicted octanol–water partition coefficient (Wildman–Crippen LogP) is 4.09. The zero-order valence-corrected chi connectivity index (χ0v) is 19.0. The molecule has 0 bridgehead atoms. The quantitative estimate of drug-likeness (QED) is 0.461. The van der Waals surface area contributed by atoms with E-state index in [1.54, 1.807) is 24.3 Å². The van der Waals surface area contributed by atoms with Crippen LogP contribution in [0.25, 0.3) is 0 Å². The summed E-state index contributed by atoms with van der Waals surface area (Å²) in [6.07, 6.45) is -0.00169. The van der Waals surface area contributed by atoms with Gasteiger partial charge in [-0.25, -0.2) is 17.9 Å². The maximum absolute atomic E-state index is 13.7. The van der Waals surface area contributed by atoms with Crippen molar-refractivity contribution < 1.29 is 27.1 Å². The molecule has 10 heteroatoms. The summed E-state index contributed by atoms with van der Waals surface area (Å²) in [6.45, 7) is 1.00. The van der Waals surface area contributed by atoms with Gasteiger partial charge in [-0.1, -0.05) is 35.9 Å². The van der Waals surface area contributed by atoms with Gasteiger partial charge in [0.05, 0.1) is 16.9 Å². The molecule has 3 N–H and O–H groups in total. The van der Waals surface area contributed by atoms with Crippen LogP contribution in [0.3, 0.4) is 0 Å². The second-order valence-electron chi connectivity index (χ2n) is 7.17. The van der Waals surface area contributed by atoms with Crippen molar-refractivity contribution in [3.8, 4) is 5.75 Å². The fourth-order valence-corrected chi connectivity index (χ4v) is 4.05.